The summed E-state index contributed by atoms with van der Waals surface area (Å²) in [5.41, 5.74) is 17.4. The Bertz CT molecular complexity index is 4160. The van der Waals surface area contributed by atoms with Crippen molar-refractivity contribution in [3.63, 3.8) is 0 Å². The van der Waals surface area contributed by atoms with E-state index in [1.54, 1.807) is 0 Å². The Hall–Kier alpha value is -9.05. The van der Waals surface area contributed by atoms with Gasteiger partial charge in [-0.05, 0) is 0 Å². The molecule has 12 aromatic rings. The van der Waals surface area contributed by atoms with E-state index in [2.05, 4.69) is 217 Å². The van der Waals surface area contributed by atoms with Crippen molar-refractivity contribution in [3.8, 4) is 79.5 Å². The Balaban J connectivity index is 0.859. The third-order valence-electron chi connectivity index (χ3n) is 16.3. The average molecular weight is 1190 g/mol. The average Bonchev–Trinajstić information content (AvgIpc) is 3.48. The van der Waals surface area contributed by atoms with Crippen LogP contribution >= 0.6 is 19.8 Å². The molecule has 0 fully saturated rings. The van der Waals surface area contributed by atoms with E-state index in [1.807, 2.05) is 72.8 Å². The fourth-order valence-corrected chi connectivity index (χ4v) is 19.4. The number of hydrogen-bond acceptors (Lipinski definition) is 6. The predicted octanol–water partition coefficient (Wildman–Crippen LogP) is 18.6. The number of benzene rings is 10. The van der Waals surface area contributed by atoms with Gasteiger partial charge in [0.05, 0.1) is 0 Å². The molecule has 10 aromatic carbocycles. The van der Waals surface area contributed by atoms with Crippen molar-refractivity contribution >= 4 is 19.8 Å². The van der Waals surface area contributed by atoms with Crippen LogP contribution in [-0.4, -0.2) is 29.9 Å². The number of nitrogens with zero attached hydrogens (tertiary/aromatic N) is 6. The van der Waals surface area contributed by atoms with Crippen LogP contribution in [0, 0.1) is 17.6 Å². The number of hydrogen-bond donors (Lipinski definition) is 0. The van der Waals surface area contributed by atoms with Crippen molar-refractivity contribution in [1.29, 1.82) is 0 Å². The van der Waals surface area contributed by atoms with E-state index in [4.69, 9.17) is 29.9 Å². The van der Waals surface area contributed by atoms with Crippen LogP contribution in [0.5, 0.6) is 0 Å². The Labute approximate surface area is 495 Å². The second-order valence-electron chi connectivity index (χ2n) is 22.5. The number of rotatable bonds is 14. The maximum atomic E-state index is 5.09. The Morgan fingerprint density at radius 2 is 0.783 bits per heavy atom. The van der Waals surface area contributed by atoms with E-state index in [0.717, 1.165) is 52.6 Å². The third kappa shape index (κ3) is 10.5. The van der Waals surface area contributed by atoms with Crippen LogP contribution in [0.3, 0.4) is 0 Å². The zero-order valence-corrected chi connectivity index (χ0v) is 49.6. The van der Waals surface area contributed by atoms with Gasteiger partial charge in [0, 0.05) is 16.7 Å². The van der Waals surface area contributed by atoms with Crippen molar-refractivity contribution in [3.05, 3.63) is 304 Å². The number of aryl methyl sites for hydroxylation is 3. The number of aromatic nitrogens is 6. The molecular formula is C76H63IN6. The first-order valence-corrected chi connectivity index (χ1v) is 31.9. The summed E-state index contributed by atoms with van der Waals surface area (Å²) in [6, 6.07) is 91.3. The molecule has 2 aromatic heterocycles. The van der Waals surface area contributed by atoms with E-state index < -0.39 is 19.8 Å². The van der Waals surface area contributed by atoms with Gasteiger partial charge in [-0.1, -0.05) is 60.7 Å². The van der Waals surface area contributed by atoms with Crippen LogP contribution < -0.4 is 0 Å². The molecule has 404 valence electrons. The number of halogens is 1. The van der Waals surface area contributed by atoms with Gasteiger partial charge in [-0.25, -0.2) is 15.0 Å². The molecule has 0 N–H and O–H groups in total. The normalized spacial score (nSPS) is 13.0. The Morgan fingerprint density at radius 1 is 0.373 bits per heavy atom. The molecule has 7 heteroatoms. The van der Waals surface area contributed by atoms with E-state index in [1.165, 1.54) is 60.8 Å². The molecule has 6 nitrogen and oxygen atoms in total. The Kier molecular flexibility index (Phi) is 14.6. The quantitative estimate of drug-likeness (QED) is 0.101. The van der Waals surface area contributed by atoms with Gasteiger partial charge in [-0.2, -0.15) is 0 Å². The van der Waals surface area contributed by atoms with Gasteiger partial charge in [0.1, 0.15) is 0 Å². The summed E-state index contributed by atoms with van der Waals surface area (Å²) in [4.78, 5) is 30.1. The number of fused-ring (bicyclic) bond motifs is 2. The van der Waals surface area contributed by atoms with E-state index in [-0.39, 0.29) is 10.8 Å². The van der Waals surface area contributed by atoms with Crippen LogP contribution in [0.25, 0.3) is 79.5 Å². The van der Waals surface area contributed by atoms with Gasteiger partial charge in [0.25, 0.3) is 0 Å². The zero-order valence-electron chi connectivity index (χ0n) is 47.4. The van der Waals surface area contributed by atoms with Crippen LogP contribution in [-0.2, 0) is 23.7 Å². The first-order valence-electron chi connectivity index (χ1n) is 28.6. The van der Waals surface area contributed by atoms with Crippen molar-refractivity contribution in [2.24, 2.45) is 0 Å². The Morgan fingerprint density at radius 3 is 1.29 bits per heavy atom. The molecule has 1 aliphatic heterocycles. The first-order chi connectivity index (χ1) is 40.6. The van der Waals surface area contributed by atoms with E-state index in [0.29, 0.717) is 34.9 Å². The van der Waals surface area contributed by atoms with Gasteiger partial charge >= 0.3 is 389 Å². The van der Waals surface area contributed by atoms with Crippen LogP contribution in [0.15, 0.2) is 255 Å². The molecule has 0 saturated carbocycles. The van der Waals surface area contributed by atoms with Crippen molar-refractivity contribution < 1.29 is 0 Å². The molecule has 0 spiro atoms. The zero-order chi connectivity index (χ0) is 56.5. The summed E-state index contributed by atoms with van der Waals surface area (Å²) < 4.78 is 4.35. The van der Waals surface area contributed by atoms with E-state index in [9.17, 15) is 0 Å². The van der Waals surface area contributed by atoms with Gasteiger partial charge in [-0.15, -0.1) is 0 Å². The van der Waals surface area contributed by atoms with Gasteiger partial charge in [0.2, 0.25) is 0 Å². The third-order valence-corrected chi connectivity index (χ3v) is 22.4. The minimum absolute atomic E-state index is 0.275. The summed E-state index contributed by atoms with van der Waals surface area (Å²) in [5.74, 6) is 3.97. The fourth-order valence-electron chi connectivity index (χ4n) is 12.2. The van der Waals surface area contributed by atoms with Crippen LogP contribution in [0.1, 0.15) is 73.1 Å². The van der Waals surface area contributed by atoms with Gasteiger partial charge < -0.3 is 0 Å². The monoisotopic (exact) mass is 1190 g/mol. The molecule has 0 aliphatic carbocycles. The summed E-state index contributed by atoms with van der Waals surface area (Å²) in [6.45, 7) is 12.1. The first kappa shape index (κ1) is 53.3. The summed E-state index contributed by atoms with van der Waals surface area (Å²) >= 11 is -2.32. The molecule has 0 saturated heterocycles. The molecule has 0 amide bonds. The van der Waals surface area contributed by atoms with E-state index >= 15 is 0 Å². The molecule has 1 aliphatic rings. The predicted molar refractivity (Wildman–Crippen MR) is 348 cm³/mol. The molecule has 83 heavy (non-hydrogen) atoms. The van der Waals surface area contributed by atoms with Crippen molar-refractivity contribution in [2.75, 3.05) is 0 Å². The molecule has 0 unspecified atom stereocenters. The summed E-state index contributed by atoms with van der Waals surface area (Å²) in [6.07, 6.45) is 2.86. The van der Waals surface area contributed by atoms with Gasteiger partial charge in [0.15, 0.2) is 17.5 Å². The molecule has 0 radical (unpaired) electrons. The second-order valence-corrected chi connectivity index (χ2v) is 27.7. The van der Waals surface area contributed by atoms with Crippen molar-refractivity contribution in [1.82, 2.24) is 29.9 Å². The summed E-state index contributed by atoms with van der Waals surface area (Å²) in [7, 11) is 0. The molecule has 0 bridgehead atoms. The minimum atomic E-state index is -2.32. The summed E-state index contributed by atoms with van der Waals surface area (Å²) in [5, 5.41) is 0. The standard InChI is InChI=1S/C76H63IN6/c1-51-25-18-19-39-63(51)75(2,3)67-53(35-22-26-52-43-45-58(46-44-52)73-80-69(54-27-10-6-11-28-54)78-70(81-73)55-29-12-7-13-30-55)36-23-37-61(67)62-38-24-42-66-68(62)76(4,5)64-40-20-21-41-65(64)77(66)60-49-47-59(48-50-60)74-82-71(56-31-14-8-15-32-56)79-72(83-74)57-33-16-9-17-34-57/h6-21,23-25,27-34,36-50H,22,26,35H2,1-5H3. The molecular weight excluding hydrogens is 1120 g/mol. The topological polar surface area (TPSA) is 77.3 Å². The SMILES string of the molecule is Cc1ccccc1C(C)(C)c1c(CCCc2ccc(-c3nc(-c4ccccc4)nc(-c4ccccc4)n3)cc2)cccc1-c1cccc2c1C(C)(C)c1ccccc1I2c1ccc(-c2nc(-c3ccccc3)nc(-c3ccccc3)n2)cc1. The molecule has 3 heterocycles. The maximum absolute atomic E-state index is 5.09. The van der Waals surface area contributed by atoms with Crippen LogP contribution in [0.2, 0.25) is 0 Å². The van der Waals surface area contributed by atoms with Gasteiger partial charge in [-0.3, -0.25) is 0 Å². The molecule has 13 rings (SSSR count). The second kappa shape index (κ2) is 22.7. The van der Waals surface area contributed by atoms with Crippen LogP contribution in [0.4, 0.5) is 0 Å². The molecule has 0 atom stereocenters. The fraction of sp³-hybridized carbons (Fsp3) is 0.132. The van der Waals surface area contributed by atoms with Crippen molar-refractivity contribution in [2.45, 2.75) is 64.7 Å².